The standard InChI is InChI=1S/C52H81NO13/c1-31-17-13-12-14-18-32(2)42(62-9)29-39-21-19-37(7)52(61,66-39)48(58)49(59)53-24-16-15-23-51(53,8)50(60)65-43(34(4)27-38-20-22-40(54)44(28-38)63-10)30-41(55)33(3)26-36(6)46(57)47(64-11)45(56)35(5)25-31/h12-14,17-18,26,31,34-40,42-44,46-47,54,57,61H,15-16,19-25,27-30H2,1-11H3/t31-,34-,35?,36?,37?,38?,39+,40-,42+,43+,44?,46?,47+,51+,52?/m1/s1. The number of esters is 1. The second kappa shape index (κ2) is 24.8. The van der Waals surface area contributed by atoms with Gasteiger partial charge < -0.3 is 43.9 Å². The molecular weight excluding hydrogens is 847 g/mol. The largest absolute Gasteiger partial charge is 0.460 e. The van der Waals surface area contributed by atoms with Gasteiger partial charge in [0, 0.05) is 58.5 Å². The van der Waals surface area contributed by atoms with Crippen molar-refractivity contribution in [1.29, 1.82) is 0 Å². The molecule has 15 atom stereocenters. The third-order valence-corrected chi connectivity index (χ3v) is 15.0. The van der Waals surface area contributed by atoms with E-state index in [1.54, 1.807) is 48.0 Å². The van der Waals surface area contributed by atoms with E-state index in [9.17, 15) is 39.3 Å². The molecule has 3 fully saturated rings. The Morgan fingerprint density at radius 1 is 0.879 bits per heavy atom. The molecule has 14 heteroatoms. The zero-order valence-corrected chi connectivity index (χ0v) is 41.5. The molecule has 1 amide bonds. The summed E-state index contributed by atoms with van der Waals surface area (Å²) in [6.07, 6.45) is 11.1. The molecule has 4 rings (SSSR count). The lowest BCUT2D eigenvalue weighted by atomic mass is 9.78. The Labute approximate surface area is 393 Å². The molecule has 0 aromatic heterocycles. The number of carbonyl (C=O) groups is 5. The number of aliphatic hydroxyl groups excluding tert-OH is 2. The zero-order valence-electron chi connectivity index (χ0n) is 41.5. The lowest BCUT2D eigenvalue weighted by Gasteiger charge is -2.46. The van der Waals surface area contributed by atoms with Gasteiger partial charge in [-0.05, 0) is 114 Å². The maximum atomic E-state index is 14.7. The number of rotatable bonds is 6. The van der Waals surface area contributed by atoms with Crippen LogP contribution in [0.2, 0.25) is 0 Å². The van der Waals surface area contributed by atoms with Crippen molar-refractivity contribution in [2.45, 2.75) is 186 Å². The molecule has 372 valence electrons. The Balaban J connectivity index is 1.73. The van der Waals surface area contributed by atoms with Crippen molar-refractivity contribution >= 4 is 29.2 Å². The molecule has 7 unspecified atom stereocenters. The number of nitrogens with zero attached hydrogens (tertiary/aromatic N) is 1. The third-order valence-electron chi connectivity index (χ3n) is 15.0. The first-order valence-corrected chi connectivity index (χ1v) is 24.3. The number of carbonyl (C=O) groups excluding carboxylic acids is 5. The number of allylic oxidation sites excluding steroid dienone is 6. The van der Waals surface area contributed by atoms with E-state index in [2.05, 4.69) is 0 Å². The van der Waals surface area contributed by atoms with Crippen LogP contribution < -0.4 is 0 Å². The normalized spacial score (nSPS) is 38.6. The molecule has 3 N–H and O–H groups in total. The minimum Gasteiger partial charge on any atom is -0.460 e. The highest BCUT2D eigenvalue weighted by Crippen LogP contribution is 2.39. The number of Topliss-reactive ketones (excluding diaryl/α,β-unsaturated/α-hetero) is 3. The van der Waals surface area contributed by atoms with E-state index < -0.39 is 83.4 Å². The lowest BCUT2D eigenvalue weighted by Crippen LogP contribution is -2.64. The number of fused-ring (bicyclic) bond motifs is 3. The SMILES string of the molecule is COC1CC(C[C@@H](C)[C@@H]2CC(=O)C(C)=CC(C)C(O)[C@@H](OC)C(=O)C(C)C[C@H](C)C=CC=CC=C(C)[C@@H](OC)C[C@@H]3CCC(C)C(O)(O3)C(=O)C(=O)N3CCCC[C@@]3(C)C(=O)O2)CC[C@H]1O. The number of amides is 1. The van der Waals surface area contributed by atoms with E-state index in [0.717, 1.165) is 5.57 Å². The van der Waals surface area contributed by atoms with Crippen LogP contribution in [0.4, 0.5) is 0 Å². The minimum atomic E-state index is -2.45. The fourth-order valence-electron chi connectivity index (χ4n) is 10.4. The van der Waals surface area contributed by atoms with Gasteiger partial charge in [0.05, 0.1) is 30.5 Å². The second-order valence-corrected chi connectivity index (χ2v) is 20.2. The number of hydrogen-bond donors (Lipinski definition) is 3. The number of aliphatic hydroxyl groups is 3. The highest BCUT2D eigenvalue weighted by molar-refractivity contribution is 6.39. The van der Waals surface area contributed by atoms with Crippen LogP contribution in [0.25, 0.3) is 0 Å². The van der Waals surface area contributed by atoms with Gasteiger partial charge in [-0.15, -0.1) is 0 Å². The molecule has 1 saturated carbocycles. The average Bonchev–Trinajstić information content (AvgIpc) is 3.28. The predicted molar refractivity (Wildman–Crippen MR) is 250 cm³/mol. The summed E-state index contributed by atoms with van der Waals surface area (Å²) in [6.45, 7) is 14.3. The van der Waals surface area contributed by atoms with Crippen molar-refractivity contribution in [2.75, 3.05) is 27.9 Å². The molecule has 0 radical (unpaired) electrons. The Morgan fingerprint density at radius 3 is 2.26 bits per heavy atom. The van der Waals surface area contributed by atoms with Gasteiger partial charge in [-0.25, -0.2) is 4.79 Å². The van der Waals surface area contributed by atoms with Crippen molar-refractivity contribution in [3.8, 4) is 0 Å². The van der Waals surface area contributed by atoms with Crippen molar-refractivity contribution in [1.82, 2.24) is 4.90 Å². The minimum absolute atomic E-state index is 0.0198. The Bertz CT molecular complexity index is 1810. The van der Waals surface area contributed by atoms with Gasteiger partial charge >= 0.3 is 5.97 Å². The first-order valence-electron chi connectivity index (χ1n) is 24.3. The van der Waals surface area contributed by atoms with Crippen LogP contribution >= 0.6 is 0 Å². The summed E-state index contributed by atoms with van der Waals surface area (Å²) in [5.41, 5.74) is -0.422. The van der Waals surface area contributed by atoms with E-state index in [-0.39, 0.29) is 54.8 Å². The smallest absolute Gasteiger partial charge is 0.332 e. The molecule has 1 aliphatic carbocycles. The fraction of sp³-hybridized carbons (Fsp3) is 0.750. The number of ketones is 3. The summed E-state index contributed by atoms with van der Waals surface area (Å²) >= 11 is 0. The van der Waals surface area contributed by atoms with Gasteiger partial charge in [0.1, 0.15) is 17.7 Å². The Hall–Kier alpha value is -3.37. The van der Waals surface area contributed by atoms with Gasteiger partial charge in [-0.2, -0.15) is 0 Å². The zero-order chi connectivity index (χ0) is 49.1. The number of ether oxygens (including phenoxy) is 5. The third kappa shape index (κ3) is 13.7. The van der Waals surface area contributed by atoms with Gasteiger partial charge in [0.15, 0.2) is 11.6 Å². The molecule has 3 aliphatic heterocycles. The van der Waals surface area contributed by atoms with Gasteiger partial charge in [0.25, 0.3) is 11.7 Å². The van der Waals surface area contributed by atoms with E-state index in [4.69, 9.17) is 23.7 Å². The van der Waals surface area contributed by atoms with Gasteiger partial charge in [-0.1, -0.05) is 71.1 Å². The van der Waals surface area contributed by atoms with Crippen LogP contribution in [0, 0.1) is 35.5 Å². The first-order chi connectivity index (χ1) is 31.1. The van der Waals surface area contributed by atoms with E-state index in [1.165, 1.54) is 12.0 Å². The van der Waals surface area contributed by atoms with Crippen LogP contribution in [-0.2, 0) is 47.7 Å². The summed E-state index contributed by atoms with van der Waals surface area (Å²) in [4.78, 5) is 72.5. The van der Waals surface area contributed by atoms with Crippen molar-refractivity contribution in [2.24, 2.45) is 35.5 Å². The summed E-state index contributed by atoms with van der Waals surface area (Å²) in [5, 5.41) is 34.0. The number of piperidine rings is 1. The lowest BCUT2D eigenvalue weighted by molar-refractivity contribution is -0.266. The predicted octanol–water partition coefficient (Wildman–Crippen LogP) is 6.57. The average molecular weight is 928 g/mol. The first kappa shape index (κ1) is 55.2. The van der Waals surface area contributed by atoms with Gasteiger partial charge in [-0.3, -0.25) is 19.2 Å². The number of methoxy groups -OCH3 is 3. The molecule has 0 aromatic carbocycles. The number of cyclic esters (lactones) is 1. The van der Waals surface area contributed by atoms with Crippen LogP contribution in [0.5, 0.6) is 0 Å². The molecule has 66 heavy (non-hydrogen) atoms. The van der Waals surface area contributed by atoms with E-state index in [1.807, 2.05) is 58.1 Å². The highest BCUT2D eigenvalue weighted by Gasteiger charge is 2.55. The molecular formula is C52H81NO13. The summed E-state index contributed by atoms with van der Waals surface area (Å²) in [7, 11) is 4.53. The summed E-state index contributed by atoms with van der Waals surface area (Å²) in [6, 6.07) is 0. The summed E-state index contributed by atoms with van der Waals surface area (Å²) in [5.74, 6) is -8.04. The Morgan fingerprint density at radius 2 is 1.59 bits per heavy atom. The van der Waals surface area contributed by atoms with Crippen molar-refractivity contribution < 1.29 is 63.0 Å². The second-order valence-electron chi connectivity index (χ2n) is 20.2. The van der Waals surface area contributed by atoms with Crippen LogP contribution in [0.3, 0.4) is 0 Å². The molecule has 2 bridgehead atoms. The monoisotopic (exact) mass is 928 g/mol. The molecule has 3 heterocycles. The molecule has 0 aromatic rings. The van der Waals surface area contributed by atoms with Crippen LogP contribution in [-0.4, -0.2) is 131 Å². The van der Waals surface area contributed by atoms with E-state index in [0.29, 0.717) is 69.8 Å². The maximum absolute atomic E-state index is 14.7. The van der Waals surface area contributed by atoms with Gasteiger partial charge in [0.2, 0.25) is 5.79 Å². The maximum Gasteiger partial charge on any atom is 0.332 e. The molecule has 2 saturated heterocycles. The van der Waals surface area contributed by atoms with E-state index >= 15 is 0 Å². The van der Waals surface area contributed by atoms with Crippen molar-refractivity contribution in [3.05, 3.63) is 47.6 Å². The van der Waals surface area contributed by atoms with Crippen LogP contribution in [0.1, 0.15) is 132 Å². The highest BCUT2D eigenvalue weighted by atomic mass is 16.6. The topological polar surface area (TPSA) is 195 Å². The van der Waals surface area contributed by atoms with Crippen LogP contribution in [0.15, 0.2) is 47.6 Å². The molecule has 4 aliphatic rings. The summed E-state index contributed by atoms with van der Waals surface area (Å²) < 4.78 is 29.5. The molecule has 0 spiro atoms. The fourth-order valence-corrected chi connectivity index (χ4v) is 10.4. The number of hydrogen-bond acceptors (Lipinski definition) is 13. The Kier molecular flexibility index (Phi) is 20.7. The van der Waals surface area contributed by atoms with Crippen molar-refractivity contribution in [3.63, 3.8) is 0 Å². The quantitative estimate of drug-likeness (QED) is 0.191. The molecule has 14 nitrogen and oxygen atoms in total.